The Morgan fingerprint density at radius 1 is 0.920 bits per heavy atom. The van der Waals surface area contributed by atoms with E-state index in [1.165, 1.54) is 0 Å². The first-order valence-corrected chi connectivity index (χ1v) is 9.50. The largest absolute Gasteiger partial charge is 0.450 e. The fourth-order valence-corrected chi connectivity index (χ4v) is 3.41. The highest BCUT2D eigenvalue weighted by Crippen LogP contribution is 2.49. The summed E-state index contributed by atoms with van der Waals surface area (Å²) in [5.41, 5.74) is -0.837. The van der Waals surface area contributed by atoms with Gasteiger partial charge in [0.2, 0.25) is 11.8 Å². The Morgan fingerprint density at radius 2 is 1.44 bits per heavy atom. The fourth-order valence-electron chi connectivity index (χ4n) is 3.41. The summed E-state index contributed by atoms with van der Waals surface area (Å²) in [5, 5.41) is 0. The van der Waals surface area contributed by atoms with Crippen LogP contribution in [0.4, 0.5) is 4.79 Å². The van der Waals surface area contributed by atoms with E-state index in [1.807, 2.05) is 18.7 Å². The van der Waals surface area contributed by atoms with Gasteiger partial charge in [-0.15, -0.1) is 0 Å². The maximum atomic E-state index is 13.0. The van der Waals surface area contributed by atoms with Crippen LogP contribution in [0.25, 0.3) is 0 Å². The number of rotatable bonds is 7. The quantitative estimate of drug-likeness (QED) is 0.654. The first-order chi connectivity index (χ1) is 12.0. The van der Waals surface area contributed by atoms with Crippen molar-refractivity contribution in [2.45, 2.75) is 46.5 Å². The Morgan fingerprint density at radius 3 is 1.88 bits per heavy atom. The monoisotopic (exact) mass is 353 g/mol. The zero-order chi connectivity index (χ0) is 18.4. The third kappa shape index (κ3) is 4.25. The molecule has 1 saturated carbocycles. The molecule has 25 heavy (non-hydrogen) atoms. The minimum atomic E-state index is -0.837. The summed E-state index contributed by atoms with van der Waals surface area (Å²) in [6, 6.07) is 0. The van der Waals surface area contributed by atoms with E-state index in [0.717, 1.165) is 12.8 Å². The molecule has 0 N–H and O–H groups in total. The van der Waals surface area contributed by atoms with Crippen molar-refractivity contribution in [2.24, 2.45) is 5.41 Å². The van der Waals surface area contributed by atoms with E-state index in [4.69, 9.17) is 4.74 Å². The maximum Gasteiger partial charge on any atom is 0.409 e. The summed E-state index contributed by atoms with van der Waals surface area (Å²) in [4.78, 5) is 42.9. The number of carbonyl (C=O) groups excluding carboxylic acids is 3. The molecule has 0 aromatic heterocycles. The topological polar surface area (TPSA) is 70.2 Å². The van der Waals surface area contributed by atoms with Crippen molar-refractivity contribution in [3.63, 3.8) is 0 Å². The second kappa shape index (κ2) is 8.54. The molecule has 0 aromatic carbocycles. The molecule has 7 heteroatoms. The van der Waals surface area contributed by atoms with Crippen LogP contribution >= 0.6 is 0 Å². The van der Waals surface area contributed by atoms with E-state index < -0.39 is 5.41 Å². The molecule has 3 amide bonds. The van der Waals surface area contributed by atoms with Gasteiger partial charge in [-0.1, -0.05) is 13.8 Å². The molecule has 1 aliphatic carbocycles. The molecule has 0 bridgehead atoms. The number of nitrogens with zero attached hydrogens (tertiary/aromatic N) is 3. The van der Waals surface area contributed by atoms with E-state index in [9.17, 15) is 14.4 Å². The van der Waals surface area contributed by atoms with Crippen molar-refractivity contribution in [2.75, 3.05) is 45.9 Å². The van der Waals surface area contributed by atoms with Crippen molar-refractivity contribution >= 4 is 17.9 Å². The summed E-state index contributed by atoms with van der Waals surface area (Å²) in [6.07, 6.45) is 2.76. The molecule has 0 unspecified atom stereocenters. The third-order valence-corrected chi connectivity index (χ3v) is 4.94. The molecule has 1 heterocycles. The highest BCUT2D eigenvalue weighted by Gasteiger charge is 2.59. The zero-order valence-corrected chi connectivity index (χ0v) is 15.8. The Bertz CT molecular complexity index is 491. The van der Waals surface area contributed by atoms with Gasteiger partial charge in [0.05, 0.1) is 6.61 Å². The standard InChI is InChI=1S/C18H31N3O4/c1-4-9-19(10-5-2)15(22)18(7-8-18)16(23)20-11-13-21(14-12-20)17(24)25-6-3/h4-14H2,1-3H3. The second-order valence-electron chi connectivity index (χ2n) is 6.85. The highest BCUT2D eigenvalue weighted by molar-refractivity contribution is 6.07. The molecule has 7 nitrogen and oxygen atoms in total. The minimum Gasteiger partial charge on any atom is -0.450 e. The first-order valence-electron chi connectivity index (χ1n) is 9.50. The van der Waals surface area contributed by atoms with Gasteiger partial charge in [0.25, 0.3) is 0 Å². The van der Waals surface area contributed by atoms with Crippen LogP contribution < -0.4 is 0 Å². The Labute approximate surface area is 150 Å². The highest BCUT2D eigenvalue weighted by atomic mass is 16.6. The number of piperazine rings is 1. The first kappa shape index (κ1) is 19.5. The lowest BCUT2D eigenvalue weighted by molar-refractivity contribution is -0.150. The average Bonchev–Trinajstić information content (AvgIpc) is 3.42. The van der Waals surface area contributed by atoms with E-state index in [-0.39, 0.29) is 17.9 Å². The number of carbonyl (C=O) groups is 3. The van der Waals surface area contributed by atoms with Crippen LogP contribution in [0, 0.1) is 5.41 Å². The van der Waals surface area contributed by atoms with Gasteiger partial charge >= 0.3 is 6.09 Å². The number of ether oxygens (including phenoxy) is 1. The van der Waals surface area contributed by atoms with Gasteiger partial charge in [0.15, 0.2) is 0 Å². The van der Waals surface area contributed by atoms with Crippen LogP contribution in [0.5, 0.6) is 0 Å². The summed E-state index contributed by atoms with van der Waals surface area (Å²) in [7, 11) is 0. The number of hydrogen-bond acceptors (Lipinski definition) is 4. The van der Waals surface area contributed by atoms with Gasteiger partial charge in [-0.25, -0.2) is 4.79 Å². The molecule has 0 spiro atoms. The van der Waals surface area contributed by atoms with E-state index in [2.05, 4.69) is 0 Å². The van der Waals surface area contributed by atoms with Gasteiger partial charge in [-0.05, 0) is 32.6 Å². The molecule has 0 atom stereocenters. The second-order valence-corrected chi connectivity index (χ2v) is 6.85. The molecule has 0 aromatic rings. The molecule has 1 aliphatic heterocycles. The maximum absolute atomic E-state index is 13.0. The van der Waals surface area contributed by atoms with Gasteiger partial charge in [0.1, 0.15) is 5.41 Å². The van der Waals surface area contributed by atoms with Crippen LogP contribution in [-0.2, 0) is 14.3 Å². The van der Waals surface area contributed by atoms with Crippen molar-refractivity contribution in [1.29, 1.82) is 0 Å². The lowest BCUT2D eigenvalue weighted by Crippen LogP contribution is -2.54. The molecule has 2 fully saturated rings. The van der Waals surface area contributed by atoms with Crippen LogP contribution in [0.3, 0.4) is 0 Å². The smallest absolute Gasteiger partial charge is 0.409 e. The average molecular weight is 353 g/mol. The number of hydrogen-bond donors (Lipinski definition) is 0. The predicted molar refractivity (Wildman–Crippen MR) is 94.0 cm³/mol. The van der Waals surface area contributed by atoms with Crippen LogP contribution in [-0.4, -0.2) is 78.5 Å². The summed E-state index contributed by atoms with van der Waals surface area (Å²) < 4.78 is 5.00. The minimum absolute atomic E-state index is 0.00553. The molecule has 2 rings (SSSR count). The SMILES string of the molecule is CCCN(CCC)C(=O)C1(C(=O)N2CCN(C(=O)OCC)CC2)CC1. The van der Waals surface area contributed by atoms with Gasteiger partial charge < -0.3 is 19.4 Å². The zero-order valence-electron chi connectivity index (χ0n) is 15.8. The van der Waals surface area contributed by atoms with Crippen molar-refractivity contribution in [1.82, 2.24) is 14.7 Å². The van der Waals surface area contributed by atoms with Crippen molar-refractivity contribution in [3.8, 4) is 0 Å². The third-order valence-electron chi connectivity index (χ3n) is 4.94. The van der Waals surface area contributed by atoms with E-state index in [1.54, 1.807) is 16.7 Å². The van der Waals surface area contributed by atoms with E-state index in [0.29, 0.717) is 58.7 Å². The van der Waals surface area contributed by atoms with Crippen molar-refractivity contribution in [3.05, 3.63) is 0 Å². The Kier molecular flexibility index (Phi) is 6.67. The number of amides is 3. The van der Waals surface area contributed by atoms with E-state index >= 15 is 0 Å². The normalized spacial score (nSPS) is 18.7. The van der Waals surface area contributed by atoms with Crippen molar-refractivity contribution < 1.29 is 19.1 Å². The van der Waals surface area contributed by atoms with Gasteiger partial charge in [-0.3, -0.25) is 9.59 Å². The fraction of sp³-hybridized carbons (Fsp3) is 0.833. The Balaban J connectivity index is 1.96. The van der Waals surface area contributed by atoms with Gasteiger partial charge in [0, 0.05) is 39.3 Å². The molecule has 1 saturated heterocycles. The predicted octanol–water partition coefficient (Wildman–Crippen LogP) is 1.72. The van der Waals surface area contributed by atoms with Crippen LogP contribution in [0.15, 0.2) is 0 Å². The molecular formula is C18H31N3O4. The summed E-state index contributed by atoms with van der Waals surface area (Å²) >= 11 is 0. The Hall–Kier alpha value is -1.79. The van der Waals surface area contributed by atoms with Crippen LogP contribution in [0.1, 0.15) is 46.5 Å². The lowest BCUT2D eigenvalue weighted by atomic mass is 10.0. The van der Waals surface area contributed by atoms with Gasteiger partial charge in [-0.2, -0.15) is 0 Å². The lowest BCUT2D eigenvalue weighted by Gasteiger charge is -2.36. The molecule has 142 valence electrons. The molecule has 0 radical (unpaired) electrons. The molecular weight excluding hydrogens is 322 g/mol. The summed E-state index contributed by atoms with van der Waals surface area (Å²) in [6.45, 7) is 9.49. The van der Waals surface area contributed by atoms with Crippen LogP contribution in [0.2, 0.25) is 0 Å². The molecule has 2 aliphatic rings. The summed E-state index contributed by atoms with van der Waals surface area (Å²) in [5.74, 6) is -0.0627.